The van der Waals surface area contributed by atoms with Crippen molar-refractivity contribution < 1.29 is 4.79 Å². The number of hydrogen-bond donors (Lipinski definition) is 2. The number of hydrogen-bond acceptors (Lipinski definition) is 3. The van der Waals surface area contributed by atoms with Crippen molar-refractivity contribution in [1.82, 2.24) is 5.32 Å². The van der Waals surface area contributed by atoms with E-state index in [1.807, 2.05) is 12.1 Å². The Morgan fingerprint density at radius 1 is 1.40 bits per heavy atom. The number of fused-ring (bicyclic) bond motifs is 1. The highest BCUT2D eigenvalue weighted by molar-refractivity contribution is 7.21. The Morgan fingerprint density at radius 2 is 2.10 bits per heavy atom. The number of nitrogens with one attached hydrogen (secondary N) is 1. The molecule has 1 saturated carbocycles. The molecule has 2 aromatic rings. The van der Waals surface area contributed by atoms with E-state index in [4.69, 9.17) is 17.3 Å². The molecule has 1 aromatic heterocycles. The van der Waals surface area contributed by atoms with E-state index in [1.165, 1.54) is 24.2 Å². The third-order valence-electron chi connectivity index (χ3n) is 4.02. The van der Waals surface area contributed by atoms with Crippen molar-refractivity contribution in [3.05, 3.63) is 28.1 Å². The van der Waals surface area contributed by atoms with Crippen molar-refractivity contribution in [2.45, 2.75) is 38.1 Å². The Balaban J connectivity index is 1.93. The van der Waals surface area contributed by atoms with Gasteiger partial charge in [-0.05, 0) is 38.0 Å². The van der Waals surface area contributed by atoms with Crippen LogP contribution in [-0.2, 0) is 0 Å². The van der Waals surface area contributed by atoms with Crippen LogP contribution in [0.25, 0.3) is 10.1 Å². The Labute approximate surface area is 127 Å². The average molecular weight is 309 g/mol. The first-order valence-corrected chi connectivity index (χ1v) is 7.98. The molecule has 3 nitrogen and oxygen atoms in total. The maximum absolute atomic E-state index is 12.5. The van der Waals surface area contributed by atoms with Crippen molar-refractivity contribution in [2.75, 3.05) is 5.73 Å². The molecule has 0 unspecified atom stereocenters. The van der Waals surface area contributed by atoms with Gasteiger partial charge in [-0.25, -0.2) is 0 Å². The smallest absolute Gasteiger partial charge is 0.263 e. The molecule has 1 heterocycles. The van der Waals surface area contributed by atoms with Gasteiger partial charge < -0.3 is 11.1 Å². The van der Waals surface area contributed by atoms with Crippen LogP contribution in [0.3, 0.4) is 0 Å². The summed E-state index contributed by atoms with van der Waals surface area (Å²) in [4.78, 5) is 13.1. The lowest BCUT2D eigenvalue weighted by atomic mass is 10.0. The number of benzene rings is 1. The Kier molecular flexibility index (Phi) is 3.38. The standard InChI is InChI=1S/C15H17ClN2OS/c1-15(6-2-3-7-15)18-14(19)13-12(17)10-5-4-9(16)8-11(10)20-13/h4-5,8H,2-3,6-7,17H2,1H3,(H,18,19). The summed E-state index contributed by atoms with van der Waals surface area (Å²) >= 11 is 7.39. The maximum atomic E-state index is 12.5. The van der Waals surface area contributed by atoms with Gasteiger partial charge in [0, 0.05) is 20.6 Å². The minimum absolute atomic E-state index is 0.0655. The molecular weight excluding hydrogens is 292 g/mol. The number of carbonyl (C=O) groups excluding carboxylic acids is 1. The van der Waals surface area contributed by atoms with Gasteiger partial charge in [0.05, 0.1) is 5.69 Å². The van der Waals surface area contributed by atoms with Crippen LogP contribution in [-0.4, -0.2) is 11.4 Å². The normalized spacial score (nSPS) is 17.5. The fourth-order valence-corrected chi connectivity index (χ4v) is 4.16. The number of anilines is 1. The topological polar surface area (TPSA) is 55.1 Å². The lowest BCUT2D eigenvalue weighted by molar-refractivity contribution is 0.0913. The van der Waals surface area contributed by atoms with Crippen LogP contribution in [0.15, 0.2) is 18.2 Å². The third kappa shape index (κ3) is 2.38. The second kappa shape index (κ2) is 4.93. The van der Waals surface area contributed by atoms with Gasteiger partial charge in [-0.3, -0.25) is 4.79 Å². The lowest BCUT2D eigenvalue weighted by Gasteiger charge is -2.24. The Hall–Kier alpha value is -1.26. The number of thiophene rings is 1. The first kappa shape index (κ1) is 13.7. The maximum Gasteiger partial charge on any atom is 0.263 e. The summed E-state index contributed by atoms with van der Waals surface area (Å²) in [5.41, 5.74) is 6.58. The molecule has 3 rings (SSSR count). The fraction of sp³-hybridized carbons (Fsp3) is 0.400. The zero-order valence-corrected chi connectivity index (χ0v) is 12.9. The van der Waals surface area contributed by atoms with Crippen molar-refractivity contribution in [1.29, 1.82) is 0 Å². The number of carbonyl (C=O) groups is 1. The fourth-order valence-electron chi connectivity index (χ4n) is 2.87. The van der Waals surface area contributed by atoms with Crippen LogP contribution in [0.2, 0.25) is 5.02 Å². The first-order valence-electron chi connectivity index (χ1n) is 6.79. The summed E-state index contributed by atoms with van der Waals surface area (Å²) in [5, 5.41) is 4.71. The molecule has 0 saturated heterocycles. The monoisotopic (exact) mass is 308 g/mol. The molecule has 1 aromatic carbocycles. The van der Waals surface area contributed by atoms with E-state index in [1.54, 1.807) is 6.07 Å². The van der Waals surface area contributed by atoms with Gasteiger partial charge >= 0.3 is 0 Å². The number of rotatable bonds is 2. The van der Waals surface area contributed by atoms with E-state index in [2.05, 4.69) is 12.2 Å². The van der Waals surface area contributed by atoms with Crippen LogP contribution < -0.4 is 11.1 Å². The van der Waals surface area contributed by atoms with Gasteiger partial charge in [-0.15, -0.1) is 11.3 Å². The van der Waals surface area contributed by atoms with E-state index < -0.39 is 0 Å². The number of halogens is 1. The van der Waals surface area contributed by atoms with Gasteiger partial charge in [0.1, 0.15) is 4.88 Å². The van der Waals surface area contributed by atoms with Gasteiger partial charge in [0.15, 0.2) is 0 Å². The molecule has 0 radical (unpaired) electrons. The van der Waals surface area contributed by atoms with Crippen molar-refractivity contribution in [3.63, 3.8) is 0 Å². The molecule has 106 valence electrons. The summed E-state index contributed by atoms with van der Waals surface area (Å²) in [6, 6.07) is 5.52. The molecule has 3 N–H and O–H groups in total. The van der Waals surface area contributed by atoms with Crippen LogP contribution in [0.5, 0.6) is 0 Å². The van der Waals surface area contributed by atoms with Gasteiger partial charge in [-0.2, -0.15) is 0 Å². The molecule has 1 amide bonds. The van der Waals surface area contributed by atoms with Crippen molar-refractivity contribution in [2.24, 2.45) is 0 Å². The second-order valence-electron chi connectivity index (χ2n) is 5.71. The van der Waals surface area contributed by atoms with Gasteiger partial charge in [-0.1, -0.05) is 24.4 Å². The predicted molar refractivity (Wildman–Crippen MR) is 85.6 cm³/mol. The van der Waals surface area contributed by atoms with Crippen LogP contribution >= 0.6 is 22.9 Å². The molecule has 1 aliphatic rings. The summed E-state index contributed by atoms with van der Waals surface area (Å²) in [6.07, 6.45) is 4.42. The Morgan fingerprint density at radius 3 is 2.80 bits per heavy atom. The zero-order chi connectivity index (χ0) is 14.3. The van der Waals surface area contributed by atoms with Crippen LogP contribution in [0, 0.1) is 0 Å². The van der Waals surface area contributed by atoms with E-state index >= 15 is 0 Å². The van der Waals surface area contributed by atoms with E-state index in [-0.39, 0.29) is 11.4 Å². The number of amides is 1. The van der Waals surface area contributed by atoms with Crippen molar-refractivity contribution >= 4 is 44.6 Å². The molecule has 1 fully saturated rings. The van der Waals surface area contributed by atoms with Gasteiger partial charge in [0.2, 0.25) is 0 Å². The average Bonchev–Trinajstić information content (AvgIpc) is 2.94. The third-order valence-corrected chi connectivity index (χ3v) is 5.42. The second-order valence-corrected chi connectivity index (χ2v) is 7.20. The highest BCUT2D eigenvalue weighted by Crippen LogP contribution is 2.36. The molecule has 1 aliphatic carbocycles. The summed E-state index contributed by atoms with van der Waals surface area (Å²) in [5.74, 6) is -0.0655. The van der Waals surface area contributed by atoms with E-state index in [0.717, 1.165) is 22.9 Å². The molecule has 0 spiro atoms. The Bertz CT molecular complexity index is 674. The van der Waals surface area contributed by atoms with Crippen molar-refractivity contribution in [3.8, 4) is 0 Å². The van der Waals surface area contributed by atoms with Crippen LogP contribution in [0.4, 0.5) is 5.69 Å². The molecule has 0 bridgehead atoms. The lowest BCUT2D eigenvalue weighted by Crippen LogP contribution is -2.43. The SMILES string of the molecule is CC1(NC(=O)c2sc3cc(Cl)ccc3c2N)CCCC1. The highest BCUT2D eigenvalue weighted by atomic mass is 35.5. The quantitative estimate of drug-likeness (QED) is 0.873. The molecule has 0 atom stereocenters. The van der Waals surface area contributed by atoms with E-state index in [0.29, 0.717) is 15.6 Å². The van der Waals surface area contributed by atoms with Crippen LogP contribution in [0.1, 0.15) is 42.3 Å². The largest absolute Gasteiger partial charge is 0.397 e. The molecular formula is C15H17ClN2OS. The van der Waals surface area contributed by atoms with Gasteiger partial charge in [0.25, 0.3) is 5.91 Å². The predicted octanol–water partition coefficient (Wildman–Crippen LogP) is 4.20. The minimum atomic E-state index is -0.0860. The number of nitrogen functional groups attached to an aromatic ring is 1. The molecule has 5 heteroatoms. The molecule has 20 heavy (non-hydrogen) atoms. The minimum Gasteiger partial charge on any atom is -0.397 e. The summed E-state index contributed by atoms with van der Waals surface area (Å²) < 4.78 is 0.955. The zero-order valence-electron chi connectivity index (χ0n) is 11.3. The number of nitrogens with two attached hydrogens (primary N) is 1. The first-order chi connectivity index (χ1) is 9.48. The highest BCUT2D eigenvalue weighted by Gasteiger charge is 2.31. The molecule has 0 aliphatic heterocycles. The summed E-state index contributed by atoms with van der Waals surface area (Å²) in [6.45, 7) is 2.11. The van der Waals surface area contributed by atoms with E-state index in [9.17, 15) is 4.79 Å². The summed E-state index contributed by atoms with van der Waals surface area (Å²) in [7, 11) is 0.